The molecule has 3 amide bonds. The fraction of sp³-hybridized carbons (Fsp3) is 0.405. The summed E-state index contributed by atoms with van der Waals surface area (Å²) >= 11 is 5.73. The van der Waals surface area contributed by atoms with E-state index < -0.39 is 0 Å². The van der Waals surface area contributed by atoms with Crippen LogP contribution in [0.5, 0.6) is 17.2 Å². The van der Waals surface area contributed by atoms with Gasteiger partial charge in [-0.3, -0.25) is 14.4 Å². The summed E-state index contributed by atoms with van der Waals surface area (Å²) in [6.07, 6.45) is 5.71. The Kier molecular flexibility index (Phi) is 15.5. The number of hydrogen-bond donors (Lipinski definition) is 2. The molecule has 263 valence electrons. The molecule has 0 saturated carbocycles. The number of rotatable bonds is 20. The van der Waals surface area contributed by atoms with E-state index in [-0.39, 0.29) is 43.2 Å². The van der Waals surface area contributed by atoms with Gasteiger partial charge in [0.15, 0.2) is 18.1 Å². The van der Waals surface area contributed by atoms with Crippen molar-refractivity contribution in [2.75, 3.05) is 76.4 Å². The van der Waals surface area contributed by atoms with Crippen molar-refractivity contribution in [2.24, 2.45) is 0 Å². The van der Waals surface area contributed by atoms with Crippen molar-refractivity contribution < 1.29 is 38.1 Å². The zero-order chi connectivity index (χ0) is 34.8. The van der Waals surface area contributed by atoms with Crippen LogP contribution in [-0.4, -0.2) is 83.9 Å². The second-order valence-electron chi connectivity index (χ2n) is 11.3. The highest BCUT2D eigenvalue weighted by Crippen LogP contribution is 2.31. The minimum atomic E-state index is -0.263. The highest BCUT2D eigenvalue weighted by molar-refractivity contribution is 6.29. The number of nitrogens with zero attached hydrogens (tertiary/aromatic N) is 1. The fourth-order valence-electron chi connectivity index (χ4n) is 5.35. The Morgan fingerprint density at radius 1 is 0.898 bits per heavy atom. The quantitative estimate of drug-likeness (QED) is 0.126. The molecule has 0 saturated heterocycles. The molecule has 0 unspecified atom stereocenters. The number of hydrogen-bond acceptors (Lipinski definition) is 8. The lowest BCUT2D eigenvalue weighted by Crippen LogP contribution is -2.36. The molecule has 0 spiro atoms. The predicted molar refractivity (Wildman–Crippen MR) is 189 cm³/mol. The molecule has 0 atom stereocenters. The standard InChI is InChI=1S/C37H45ClN3O8/c1-45-33-14-11-28(23-34(33)46-2)7-3-6-27-8-4-10-30(22-27)40-35(42)15-18-47-20-21-48-19-16-39-36(43)26-49-31-12-13-32-29(24-31)9-5-17-41(32)37(44)25-38/h4,6,8,10-14,22-24H,3,5,7,9,15-21,25-26H2,1-2H3,(H,39,43)(H,40,42). The molecule has 4 rings (SSSR count). The van der Waals surface area contributed by atoms with E-state index in [1.165, 1.54) is 0 Å². The number of carbonyl (C=O) groups is 3. The molecule has 49 heavy (non-hydrogen) atoms. The van der Waals surface area contributed by atoms with Crippen molar-refractivity contribution in [3.05, 3.63) is 83.8 Å². The number of ether oxygens (including phenoxy) is 5. The smallest absolute Gasteiger partial charge is 0.258 e. The second kappa shape index (κ2) is 20.3. The molecule has 0 aliphatic carbocycles. The number of halogens is 1. The zero-order valence-electron chi connectivity index (χ0n) is 28.1. The van der Waals surface area contributed by atoms with Crippen LogP contribution in [0.15, 0.2) is 60.7 Å². The van der Waals surface area contributed by atoms with Crippen molar-refractivity contribution in [1.82, 2.24) is 5.32 Å². The highest BCUT2D eigenvalue weighted by Gasteiger charge is 2.22. The van der Waals surface area contributed by atoms with Crippen molar-refractivity contribution in [3.8, 4) is 17.2 Å². The molecule has 12 heteroatoms. The van der Waals surface area contributed by atoms with Crippen LogP contribution >= 0.6 is 11.6 Å². The molecule has 1 aliphatic rings. The summed E-state index contributed by atoms with van der Waals surface area (Å²) in [6, 6.07) is 19.1. The zero-order valence-corrected chi connectivity index (χ0v) is 28.9. The SMILES string of the molecule is COc1ccc(CC[CH]c2cccc(NC(=O)CCOCCOCCNC(=O)COc3ccc4c(c3)CCCN4C(=O)CCl)c2)cc1OC. The number of methoxy groups -OCH3 is 2. The fourth-order valence-corrected chi connectivity index (χ4v) is 5.50. The maximum absolute atomic E-state index is 12.4. The van der Waals surface area contributed by atoms with Gasteiger partial charge in [0.2, 0.25) is 11.8 Å². The van der Waals surface area contributed by atoms with E-state index in [2.05, 4.69) is 17.1 Å². The first kappa shape index (κ1) is 37.5. The van der Waals surface area contributed by atoms with Gasteiger partial charge in [0.1, 0.15) is 11.6 Å². The number of benzene rings is 3. The summed E-state index contributed by atoms with van der Waals surface area (Å²) < 4.78 is 27.4. The minimum Gasteiger partial charge on any atom is -0.493 e. The van der Waals surface area contributed by atoms with E-state index >= 15 is 0 Å². The van der Waals surface area contributed by atoms with Crippen LogP contribution in [0, 0.1) is 6.42 Å². The van der Waals surface area contributed by atoms with Crippen LogP contribution in [0.2, 0.25) is 0 Å². The molecule has 3 aromatic carbocycles. The number of alkyl halides is 1. The summed E-state index contributed by atoms with van der Waals surface area (Å²) in [5.41, 5.74) is 4.75. The molecule has 2 N–H and O–H groups in total. The van der Waals surface area contributed by atoms with Gasteiger partial charge in [0.05, 0.1) is 47.1 Å². The number of nitrogens with one attached hydrogen (secondary N) is 2. The molecular formula is C37H45ClN3O8. The van der Waals surface area contributed by atoms with E-state index in [9.17, 15) is 14.4 Å². The first-order valence-electron chi connectivity index (χ1n) is 16.4. The van der Waals surface area contributed by atoms with Crippen molar-refractivity contribution >= 4 is 40.7 Å². The Hall–Kier alpha value is -4.32. The largest absolute Gasteiger partial charge is 0.493 e. The van der Waals surface area contributed by atoms with Crippen LogP contribution in [0.1, 0.15) is 36.0 Å². The Morgan fingerprint density at radius 3 is 2.51 bits per heavy atom. The lowest BCUT2D eigenvalue weighted by atomic mass is 10.0. The van der Waals surface area contributed by atoms with Gasteiger partial charge in [-0.15, -0.1) is 11.6 Å². The maximum Gasteiger partial charge on any atom is 0.258 e. The van der Waals surface area contributed by atoms with Crippen LogP contribution in [0.4, 0.5) is 11.4 Å². The van der Waals surface area contributed by atoms with Crippen molar-refractivity contribution in [2.45, 2.75) is 32.1 Å². The Bertz CT molecular complexity index is 1540. The molecule has 1 heterocycles. The number of carbonyl (C=O) groups excluding carboxylic acids is 3. The summed E-state index contributed by atoms with van der Waals surface area (Å²) in [5.74, 6) is 1.41. The van der Waals surface area contributed by atoms with Crippen molar-refractivity contribution in [3.63, 3.8) is 0 Å². The van der Waals surface area contributed by atoms with Crippen LogP contribution in [0.25, 0.3) is 0 Å². The highest BCUT2D eigenvalue weighted by atomic mass is 35.5. The number of aryl methyl sites for hydroxylation is 2. The number of amides is 3. The molecular weight excluding hydrogens is 650 g/mol. The normalized spacial score (nSPS) is 12.2. The van der Waals surface area contributed by atoms with Gasteiger partial charge in [-0.2, -0.15) is 0 Å². The summed E-state index contributed by atoms with van der Waals surface area (Å²) in [4.78, 5) is 38.4. The van der Waals surface area contributed by atoms with Crippen LogP contribution in [-0.2, 0) is 36.7 Å². The predicted octanol–water partition coefficient (Wildman–Crippen LogP) is 4.96. The van der Waals surface area contributed by atoms with Gasteiger partial charge >= 0.3 is 0 Å². The molecule has 1 aliphatic heterocycles. The van der Waals surface area contributed by atoms with E-state index in [1.54, 1.807) is 25.2 Å². The Labute approximate surface area is 293 Å². The van der Waals surface area contributed by atoms with Crippen LogP contribution in [0.3, 0.4) is 0 Å². The third kappa shape index (κ3) is 12.3. The summed E-state index contributed by atoms with van der Waals surface area (Å²) in [7, 11) is 3.25. The third-order valence-corrected chi connectivity index (χ3v) is 8.03. The van der Waals surface area contributed by atoms with Gasteiger partial charge in [0.25, 0.3) is 5.91 Å². The third-order valence-electron chi connectivity index (χ3n) is 7.80. The van der Waals surface area contributed by atoms with E-state index in [0.29, 0.717) is 50.2 Å². The lowest BCUT2D eigenvalue weighted by Gasteiger charge is -2.29. The van der Waals surface area contributed by atoms with E-state index in [4.69, 9.17) is 35.3 Å². The number of anilines is 2. The average Bonchev–Trinajstić information content (AvgIpc) is 3.12. The average molecular weight is 695 g/mol. The Morgan fingerprint density at radius 2 is 1.71 bits per heavy atom. The van der Waals surface area contributed by atoms with Gasteiger partial charge in [-0.25, -0.2) is 0 Å². The van der Waals surface area contributed by atoms with E-state index in [0.717, 1.165) is 53.7 Å². The minimum absolute atomic E-state index is 0.0606. The number of fused-ring (bicyclic) bond motifs is 1. The summed E-state index contributed by atoms with van der Waals surface area (Å²) in [5, 5.41) is 5.67. The summed E-state index contributed by atoms with van der Waals surface area (Å²) in [6.45, 7) is 2.11. The monoisotopic (exact) mass is 694 g/mol. The Balaban J connectivity index is 1.02. The van der Waals surface area contributed by atoms with Gasteiger partial charge in [-0.05, 0) is 91.3 Å². The molecule has 11 nitrogen and oxygen atoms in total. The van der Waals surface area contributed by atoms with Gasteiger partial charge in [0, 0.05) is 24.5 Å². The van der Waals surface area contributed by atoms with Crippen molar-refractivity contribution in [1.29, 1.82) is 0 Å². The van der Waals surface area contributed by atoms with Crippen LogP contribution < -0.4 is 29.7 Å². The van der Waals surface area contributed by atoms with Gasteiger partial charge in [-0.1, -0.05) is 18.2 Å². The molecule has 0 bridgehead atoms. The first-order valence-corrected chi connectivity index (χ1v) is 16.9. The van der Waals surface area contributed by atoms with Gasteiger partial charge < -0.3 is 39.2 Å². The molecule has 0 aromatic heterocycles. The van der Waals surface area contributed by atoms with E-state index in [1.807, 2.05) is 54.6 Å². The second-order valence-corrected chi connectivity index (χ2v) is 11.6. The topological polar surface area (TPSA) is 125 Å². The molecule has 0 fully saturated rings. The molecule has 3 aromatic rings. The lowest BCUT2D eigenvalue weighted by molar-refractivity contribution is -0.123. The maximum atomic E-state index is 12.4. The first-order chi connectivity index (χ1) is 23.9. The molecule has 1 radical (unpaired) electrons.